The maximum absolute atomic E-state index is 13.5. The van der Waals surface area contributed by atoms with Crippen molar-refractivity contribution >= 4 is 17.5 Å². The number of hydrogen-bond acceptors (Lipinski definition) is 5. The average molecular weight is 450 g/mol. The summed E-state index contributed by atoms with van der Waals surface area (Å²) in [6.07, 6.45) is 4.48. The van der Waals surface area contributed by atoms with Crippen molar-refractivity contribution in [2.24, 2.45) is 5.92 Å². The number of carbonyl (C=O) groups excluding carboxylic acids is 2. The molecule has 7 nitrogen and oxygen atoms in total. The second-order valence-electron chi connectivity index (χ2n) is 9.24. The molecular formula is C26H31N3O4. The molecule has 1 saturated heterocycles. The van der Waals surface area contributed by atoms with Crippen LogP contribution in [-0.2, 0) is 4.79 Å². The summed E-state index contributed by atoms with van der Waals surface area (Å²) in [5.41, 5.74) is 2.54. The summed E-state index contributed by atoms with van der Waals surface area (Å²) >= 11 is 0. The molecule has 0 aromatic heterocycles. The van der Waals surface area contributed by atoms with Gasteiger partial charge in [0, 0.05) is 43.5 Å². The van der Waals surface area contributed by atoms with Crippen LogP contribution in [0.1, 0.15) is 41.6 Å². The highest BCUT2D eigenvalue weighted by atomic mass is 16.7. The molecule has 1 aliphatic carbocycles. The Morgan fingerprint density at radius 3 is 2.48 bits per heavy atom. The van der Waals surface area contributed by atoms with Gasteiger partial charge in [-0.2, -0.15) is 0 Å². The number of amides is 2. The van der Waals surface area contributed by atoms with Crippen LogP contribution in [0.25, 0.3) is 0 Å². The molecule has 0 spiro atoms. The van der Waals surface area contributed by atoms with Gasteiger partial charge in [0.05, 0.1) is 6.04 Å². The van der Waals surface area contributed by atoms with Gasteiger partial charge in [-0.05, 0) is 49.9 Å². The van der Waals surface area contributed by atoms with Crippen molar-refractivity contribution in [1.82, 2.24) is 9.80 Å². The van der Waals surface area contributed by atoms with Crippen molar-refractivity contribution in [3.63, 3.8) is 0 Å². The van der Waals surface area contributed by atoms with E-state index in [1.54, 1.807) is 0 Å². The molecule has 2 aromatic carbocycles. The summed E-state index contributed by atoms with van der Waals surface area (Å²) < 4.78 is 10.8. The summed E-state index contributed by atoms with van der Waals surface area (Å²) in [5.74, 6) is 1.81. The Kier molecular flexibility index (Phi) is 6.22. The summed E-state index contributed by atoms with van der Waals surface area (Å²) in [7, 11) is 0. The fourth-order valence-electron chi connectivity index (χ4n) is 5.31. The molecule has 0 radical (unpaired) electrons. The van der Waals surface area contributed by atoms with Gasteiger partial charge in [0.25, 0.3) is 5.91 Å². The topological polar surface area (TPSA) is 71.1 Å². The molecule has 33 heavy (non-hydrogen) atoms. The number of carbonyl (C=O) groups is 2. The van der Waals surface area contributed by atoms with E-state index in [2.05, 4.69) is 10.2 Å². The lowest BCUT2D eigenvalue weighted by molar-refractivity contribution is -0.123. The summed E-state index contributed by atoms with van der Waals surface area (Å²) in [6, 6.07) is 13.1. The van der Waals surface area contributed by atoms with Gasteiger partial charge >= 0.3 is 0 Å². The standard InChI is InChI=1S/C26H31N3O4/c1-18-5-4-8-20(15-18)26(31)29-13-11-28(12-14-29)24(19-6-2-3-7-19)25(30)27-21-9-10-22-23(16-21)33-17-32-22/h4-5,8-10,15-16,19,24H,2-3,6-7,11-14,17H2,1H3,(H,27,30). The van der Waals surface area contributed by atoms with Gasteiger partial charge in [0.1, 0.15) is 0 Å². The first-order valence-corrected chi connectivity index (χ1v) is 11.9. The van der Waals surface area contributed by atoms with Crippen LogP contribution in [-0.4, -0.2) is 60.6 Å². The lowest BCUT2D eigenvalue weighted by atomic mass is 9.94. The second kappa shape index (κ2) is 9.43. The number of ether oxygens (including phenoxy) is 2. The van der Waals surface area contributed by atoms with Crippen LogP contribution in [0, 0.1) is 12.8 Å². The van der Waals surface area contributed by atoms with Crippen molar-refractivity contribution in [2.45, 2.75) is 38.6 Å². The number of fused-ring (bicyclic) bond motifs is 1. The Hall–Kier alpha value is -3.06. The molecule has 5 rings (SSSR count). The molecule has 174 valence electrons. The predicted octanol–water partition coefficient (Wildman–Crippen LogP) is 3.68. The van der Waals surface area contributed by atoms with Crippen LogP contribution >= 0.6 is 0 Å². The number of nitrogens with zero attached hydrogens (tertiary/aromatic N) is 2. The third-order valence-electron chi connectivity index (χ3n) is 7.01. The first-order valence-electron chi connectivity index (χ1n) is 11.9. The fraction of sp³-hybridized carbons (Fsp3) is 0.462. The van der Waals surface area contributed by atoms with Crippen LogP contribution in [0.5, 0.6) is 11.5 Å². The zero-order valence-corrected chi connectivity index (χ0v) is 19.1. The highest BCUT2D eigenvalue weighted by molar-refractivity contribution is 5.96. The molecular weight excluding hydrogens is 418 g/mol. The zero-order valence-electron chi connectivity index (χ0n) is 19.1. The van der Waals surface area contributed by atoms with E-state index in [0.29, 0.717) is 43.6 Å². The summed E-state index contributed by atoms with van der Waals surface area (Å²) in [5, 5.41) is 3.12. The SMILES string of the molecule is Cc1cccc(C(=O)N2CCN(C(C(=O)Nc3ccc4c(c3)OCO4)C3CCCC3)CC2)c1. The van der Waals surface area contributed by atoms with Crippen molar-refractivity contribution in [3.8, 4) is 11.5 Å². The smallest absolute Gasteiger partial charge is 0.253 e. The number of aryl methyl sites for hydroxylation is 1. The zero-order chi connectivity index (χ0) is 22.8. The number of piperazine rings is 1. The minimum atomic E-state index is -0.186. The molecule has 2 fully saturated rings. The van der Waals surface area contributed by atoms with E-state index in [9.17, 15) is 9.59 Å². The highest BCUT2D eigenvalue weighted by Crippen LogP contribution is 2.35. The second-order valence-corrected chi connectivity index (χ2v) is 9.24. The van der Waals surface area contributed by atoms with Gasteiger partial charge in [-0.1, -0.05) is 30.5 Å². The summed E-state index contributed by atoms with van der Waals surface area (Å²) in [6.45, 7) is 4.88. The lowest BCUT2D eigenvalue weighted by Gasteiger charge is -2.40. The summed E-state index contributed by atoms with van der Waals surface area (Å²) in [4.78, 5) is 30.6. The number of hydrogen-bond donors (Lipinski definition) is 1. The number of benzene rings is 2. The largest absolute Gasteiger partial charge is 0.454 e. The molecule has 2 aliphatic heterocycles. The molecule has 7 heteroatoms. The van der Waals surface area contributed by atoms with Crippen LogP contribution in [0.15, 0.2) is 42.5 Å². The molecule has 1 saturated carbocycles. The maximum atomic E-state index is 13.5. The Balaban J connectivity index is 1.26. The van der Waals surface area contributed by atoms with Crippen molar-refractivity contribution in [2.75, 3.05) is 38.3 Å². The van der Waals surface area contributed by atoms with Crippen LogP contribution in [0.4, 0.5) is 5.69 Å². The quantitative estimate of drug-likeness (QED) is 0.754. The molecule has 3 aliphatic rings. The molecule has 1 atom stereocenters. The molecule has 1 unspecified atom stereocenters. The van der Waals surface area contributed by atoms with Gasteiger partial charge in [-0.15, -0.1) is 0 Å². The van der Waals surface area contributed by atoms with Gasteiger partial charge < -0.3 is 19.7 Å². The van der Waals surface area contributed by atoms with Gasteiger partial charge in [0.15, 0.2) is 11.5 Å². The van der Waals surface area contributed by atoms with E-state index in [1.165, 1.54) is 12.8 Å². The van der Waals surface area contributed by atoms with Gasteiger partial charge in [0.2, 0.25) is 12.7 Å². The third kappa shape index (κ3) is 4.69. The first kappa shape index (κ1) is 21.8. The lowest BCUT2D eigenvalue weighted by Crippen LogP contribution is -2.56. The highest BCUT2D eigenvalue weighted by Gasteiger charge is 2.37. The van der Waals surface area contributed by atoms with Crippen molar-refractivity contribution in [3.05, 3.63) is 53.6 Å². The molecule has 2 aromatic rings. The predicted molar refractivity (Wildman–Crippen MR) is 126 cm³/mol. The normalized spacial score (nSPS) is 19.5. The Morgan fingerprint density at radius 2 is 1.73 bits per heavy atom. The van der Waals surface area contributed by atoms with E-state index in [0.717, 1.165) is 29.7 Å². The minimum absolute atomic E-state index is 0.0271. The van der Waals surface area contributed by atoms with Gasteiger partial charge in [-0.25, -0.2) is 0 Å². The molecule has 2 heterocycles. The fourth-order valence-corrected chi connectivity index (χ4v) is 5.31. The first-order chi connectivity index (χ1) is 16.1. The van der Waals surface area contributed by atoms with Crippen LogP contribution < -0.4 is 14.8 Å². The Labute approximate surface area is 194 Å². The number of rotatable bonds is 5. The Bertz CT molecular complexity index is 1030. The van der Waals surface area contributed by atoms with E-state index < -0.39 is 0 Å². The van der Waals surface area contributed by atoms with Gasteiger partial charge in [-0.3, -0.25) is 14.5 Å². The number of nitrogens with one attached hydrogen (secondary N) is 1. The third-order valence-corrected chi connectivity index (χ3v) is 7.01. The van der Waals surface area contributed by atoms with Crippen LogP contribution in [0.2, 0.25) is 0 Å². The monoisotopic (exact) mass is 449 g/mol. The van der Waals surface area contributed by atoms with E-state index >= 15 is 0 Å². The molecule has 2 amide bonds. The maximum Gasteiger partial charge on any atom is 0.253 e. The number of anilines is 1. The van der Waals surface area contributed by atoms with E-state index in [-0.39, 0.29) is 24.6 Å². The minimum Gasteiger partial charge on any atom is -0.454 e. The molecule has 1 N–H and O–H groups in total. The van der Waals surface area contributed by atoms with E-state index in [1.807, 2.05) is 54.3 Å². The Morgan fingerprint density at radius 1 is 0.970 bits per heavy atom. The van der Waals surface area contributed by atoms with Crippen molar-refractivity contribution in [1.29, 1.82) is 0 Å². The average Bonchev–Trinajstić information content (AvgIpc) is 3.51. The molecule has 0 bridgehead atoms. The van der Waals surface area contributed by atoms with Crippen molar-refractivity contribution < 1.29 is 19.1 Å². The van der Waals surface area contributed by atoms with E-state index in [4.69, 9.17) is 9.47 Å². The van der Waals surface area contributed by atoms with Crippen LogP contribution in [0.3, 0.4) is 0 Å².